The Labute approximate surface area is 101 Å². The van der Waals surface area contributed by atoms with E-state index in [1.165, 1.54) is 0 Å². The van der Waals surface area contributed by atoms with Gasteiger partial charge in [-0.05, 0) is 13.0 Å². The molecule has 0 bridgehead atoms. The van der Waals surface area contributed by atoms with Crippen LogP contribution < -0.4 is 5.32 Å². The maximum Gasteiger partial charge on any atom is 0.208 e. The summed E-state index contributed by atoms with van der Waals surface area (Å²) in [7, 11) is 0. The van der Waals surface area contributed by atoms with Gasteiger partial charge in [0.15, 0.2) is 0 Å². The fraction of sp³-hybridized carbons (Fsp3) is 0.500. The zero-order valence-electron chi connectivity index (χ0n) is 10.1. The van der Waals surface area contributed by atoms with Crippen molar-refractivity contribution in [3.05, 3.63) is 36.6 Å². The lowest BCUT2D eigenvalue weighted by atomic mass is 10.4. The molecule has 0 radical (unpaired) electrons. The maximum absolute atomic E-state index is 5.50. The van der Waals surface area contributed by atoms with Crippen molar-refractivity contribution in [1.29, 1.82) is 0 Å². The average Bonchev–Trinajstić information content (AvgIpc) is 2.99. The van der Waals surface area contributed by atoms with Gasteiger partial charge < -0.3 is 14.3 Å². The summed E-state index contributed by atoms with van der Waals surface area (Å²) >= 11 is 0. The van der Waals surface area contributed by atoms with Gasteiger partial charge in [-0.2, -0.15) is 0 Å². The first-order chi connectivity index (χ1) is 8.38. The third-order valence-electron chi connectivity index (χ3n) is 2.56. The van der Waals surface area contributed by atoms with Crippen molar-refractivity contribution in [3.8, 4) is 0 Å². The maximum atomic E-state index is 5.50. The highest BCUT2D eigenvalue weighted by Crippen LogP contribution is 2.03. The van der Waals surface area contributed by atoms with Crippen LogP contribution in [0.15, 0.2) is 29.3 Å². The Hall–Kier alpha value is -1.62. The van der Waals surface area contributed by atoms with E-state index in [0.717, 1.165) is 37.6 Å². The fourth-order valence-electron chi connectivity index (χ4n) is 1.59. The molecular weight excluding hydrogens is 216 g/mol. The smallest absolute Gasteiger partial charge is 0.208 e. The van der Waals surface area contributed by atoms with Gasteiger partial charge in [0.1, 0.15) is 5.76 Å². The molecule has 0 unspecified atom stereocenters. The van der Waals surface area contributed by atoms with Gasteiger partial charge in [-0.1, -0.05) is 6.92 Å². The lowest BCUT2D eigenvalue weighted by molar-refractivity contribution is 0.435. The van der Waals surface area contributed by atoms with Crippen molar-refractivity contribution in [3.63, 3.8) is 0 Å². The Balaban J connectivity index is 1.60. The molecular formula is C12H18N4O. The van der Waals surface area contributed by atoms with Crippen molar-refractivity contribution < 1.29 is 4.42 Å². The fourth-order valence-corrected chi connectivity index (χ4v) is 1.59. The van der Waals surface area contributed by atoms with Crippen LogP contribution in [0.25, 0.3) is 0 Å². The molecule has 5 heteroatoms. The molecule has 0 saturated carbocycles. The predicted molar refractivity (Wildman–Crippen MR) is 64.4 cm³/mol. The third kappa shape index (κ3) is 3.71. The van der Waals surface area contributed by atoms with Crippen LogP contribution in [0, 0.1) is 0 Å². The van der Waals surface area contributed by atoms with Gasteiger partial charge in [-0.25, -0.2) is 9.97 Å². The van der Waals surface area contributed by atoms with Gasteiger partial charge in [0.25, 0.3) is 0 Å². The molecule has 2 aromatic heterocycles. The van der Waals surface area contributed by atoms with Gasteiger partial charge in [0.05, 0.1) is 19.1 Å². The van der Waals surface area contributed by atoms with Gasteiger partial charge in [-0.15, -0.1) is 0 Å². The van der Waals surface area contributed by atoms with E-state index >= 15 is 0 Å². The average molecular weight is 234 g/mol. The van der Waals surface area contributed by atoms with E-state index < -0.39 is 0 Å². The van der Waals surface area contributed by atoms with Crippen LogP contribution in [0.5, 0.6) is 0 Å². The topological polar surface area (TPSA) is 55.9 Å². The minimum atomic E-state index is 0.698. The van der Waals surface area contributed by atoms with E-state index in [9.17, 15) is 0 Å². The van der Waals surface area contributed by atoms with E-state index in [2.05, 4.69) is 26.8 Å². The second-order valence-electron chi connectivity index (χ2n) is 3.90. The number of aryl methyl sites for hydroxylation is 2. The Morgan fingerprint density at radius 1 is 1.47 bits per heavy atom. The molecule has 2 heterocycles. The number of oxazole rings is 1. The number of hydrogen-bond donors (Lipinski definition) is 1. The van der Waals surface area contributed by atoms with Crippen LogP contribution in [0.4, 0.5) is 0 Å². The highest BCUT2D eigenvalue weighted by Gasteiger charge is 2.00. The molecule has 2 aromatic rings. The minimum absolute atomic E-state index is 0.698. The van der Waals surface area contributed by atoms with Crippen molar-refractivity contribution in [2.45, 2.75) is 32.9 Å². The molecule has 0 aliphatic rings. The van der Waals surface area contributed by atoms with Crippen molar-refractivity contribution in [2.24, 2.45) is 0 Å². The molecule has 0 aliphatic carbocycles. The molecule has 5 nitrogen and oxygen atoms in total. The molecule has 0 aliphatic heterocycles. The van der Waals surface area contributed by atoms with Gasteiger partial charge in [-0.3, -0.25) is 0 Å². The van der Waals surface area contributed by atoms with E-state index in [-0.39, 0.29) is 0 Å². The van der Waals surface area contributed by atoms with Gasteiger partial charge >= 0.3 is 0 Å². The number of imidazole rings is 1. The largest absolute Gasteiger partial charge is 0.444 e. The standard InChI is InChI=1S/C12H18N4O/c1-2-11-8-15-12(17-11)9-13-4-3-6-16-7-5-14-10-16/h5,7-8,10,13H,2-4,6,9H2,1H3. The minimum Gasteiger partial charge on any atom is -0.444 e. The number of aromatic nitrogens is 3. The van der Waals surface area contributed by atoms with Gasteiger partial charge in [0.2, 0.25) is 5.89 Å². The van der Waals surface area contributed by atoms with E-state index in [4.69, 9.17) is 4.42 Å². The van der Waals surface area contributed by atoms with Crippen LogP contribution in [-0.2, 0) is 19.5 Å². The molecule has 0 saturated heterocycles. The first-order valence-electron chi connectivity index (χ1n) is 5.98. The summed E-state index contributed by atoms with van der Waals surface area (Å²) < 4.78 is 7.57. The lowest BCUT2D eigenvalue weighted by Crippen LogP contribution is -2.16. The van der Waals surface area contributed by atoms with E-state index in [1.807, 2.05) is 12.5 Å². The number of hydrogen-bond acceptors (Lipinski definition) is 4. The predicted octanol–water partition coefficient (Wildman–Crippen LogP) is 1.61. The second-order valence-corrected chi connectivity index (χ2v) is 3.90. The summed E-state index contributed by atoms with van der Waals surface area (Å²) in [6.45, 7) is 4.69. The third-order valence-corrected chi connectivity index (χ3v) is 2.56. The van der Waals surface area contributed by atoms with E-state index in [1.54, 1.807) is 12.4 Å². The van der Waals surface area contributed by atoms with Crippen molar-refractivity contribution in [1.82, 2.24) is 19.9 Å². The van der Waals surface area contributed by atoms with Gasteiger partial charge in [0, 0.05) is 25.4 Å². The summed E-state index contributed by atoms with van der Waals surface area (Å²) in [6.07, 6.45) is 9.36. The highest BCUT2D eigenvalue weighted by atomic mass is 16.4. The Bertz CT molecular complexity index is 421. The molecule has 17 heavy (non-hydrogen) atoms. The first-order valence-corrected chi connectivity index (χ1v) is 5.98. The monoisotopic (exact) mass is 234 g/mol. The quantitative estimate of drug-likeness (QED) is 0.739. The summed E-state index contributed by atoms with van der Waals surface area (Å²) in [6, 6.07) is 0. The Morgan fingerprint density at radius 2 is 2.41 bits per heavy atom. The second kappa shape index (κ2) is 6.20. The highest BCUT2D eigenvalue weighted by molar-refractivity contribution is 4.93. The number of rotatable bonds is 7. The van der Waals surface area contributed by atoms with Crippen LogP contribution in [0.2, 0.25) is 0 Å². The zero-order valence-corrected chi connectivity index (χ0v) is 10.1. The van der Waals surface area contributed by atoms with Crippen LogP contribution in [0.3, 0.4) is 0 Å². The zero-order chi connectivity index (χ0) is 11.9. The Kier molecular flexibility index (Phi) is 4.32. The van der Waals surface area contributed by atoms with Crippen LogP contribution in [0.1, 0.15) is 25.0 Å². The molecule has 0 spiro atoms. The summed E-state index contributed by atoms with van der Waals surface area (Å²) in [5.74, 6) is 1.71. The van der Waals surface area contributed by atoms with Crippen LogP contribution >= 0.6 is 0 Å². The summed E-state index contributed by atoms with van der Waals surface area (Å²) in [4.78, 5) is 8.19. The molecule has 0 atom stereocenters. The summed E-state index contributed by atoms with van der Waals surface area (Å²) in [5.41, 5.74) is 0. The molecule has 0 amide bonds. The molecule has 2 rings (SSSR count). The molecule has 0 aromatic carbocycles. The SMILES string of the molecule is CCc1cnc(CNCCCn2ccnc2)o1. The van der Waals surface area contributed by atoms with E-state index in [0.29, 0.717) is 6.54 Å². The lowest BCUT2D eigenvalue weighted by Gasteiger charge is -2.03. The normalized spacial score (nSPS) is 10.9. The number of nitrogens with zero attached hydrogens (tertiary/aromatic N) is 3. The first kappa shape index (κ1) is 11.9. The van der Waals surface area contributed by atoms with Crippen molar-refractivity contribution in [2.75, 3.05) is 6.54 Å². The Morgan fingerprint density at radius 3 is 3.12 bits per heavy atom. The summed E-state index contributed by atoms with van der Waals surface area (Å²) in [5, 5.41) is 3.31. The van der Waals surface area contributed by atoms with Crippen molar-refractivity contribution >= 4 is 0 Å². The number of nitrogens with one attached hydrogen (secondary N) is 1. The molecule has 0 fully saturated rings. The molecule has 92 valence electrons. The van der Waals surface area contributed by atoms with Crippen LogP contribution in [-0.4, -0.2) is 21.1 Å². The molecule has 1 N–H and O–H groups in total.